The Morgan fingerprint density at radius 2 is 1.86 bits per heavy atom. The summed E-state index contributed by atoms with van der Waals surface area (Å²) in [6.45, 7) is 2.04. The summed E-state index contributed by atoms with van der Waals surface area (Å²) in [5.74, 6) is -1.58. The molecule has 8 nitrogen and oxygen atoms in total. The van der Waals surface area contributed by atoms with Crippen molar-refractivity contribution in [1.29, 1.82) is 0 Å². The Labute approximate surface area is 162 Å². The van der Waals surface area contributed by atoms with Crippen LogP contribution in [0.15, 0.2) is 53.9 Å². The molecule has 1 heterocycles. The van der Waals surface area contributed by atoms with Crippen molar-refractivity contribution in [1.82, 2.24) is 0 Å². The third-order valence-electron chi connectivity index (χ3n) is 4.20. The maximum Gasteiger partial charge on any atom is 0.355 e. The molecular weight excluding hydrogens is 364 g/mol. The molecule has 0 amide bonds. The first-order chi connectivity index (χ1) is 13.4. The number of nitro groups is 1. The van der Waals surface area contributed by atoms with Crippen LogP contribution in [0.1, 0.15) is 25.3 Å². The van der Waals surface area contributed by atoms with Gasteiger partial charge in [-0.3, -0.25) is 10.1 Å². The molecule has 0 radical (unpaired) electrons. The first-order valence-electron chi connectivity index (χ1n) is 8.76. The van der Waals surface area contributed by atoms with Gasteiger partial charge in [0.05, 0.1) is 24.7 Å². The van der Waals surface area contributed by atoms with E-state index in [0.717, 1.165) is 18.4 Å². The topological polar surface area (TPSA) is 99.0 Å². The van der Waals surface area contributed by atoms with Gasteiger partial charge in [0.1, 0.15) is 11.4 Å². The molecule has 28 heavy (non-hydrogen) atoms. The third-order valence-corrected chi connectivity index (χ3v) is 4.20. The minimum Gasteiger partial charge on any atom is -0.465 e. The van der Waals surface area contributed by atoms with E-state index in [1.165, 1.54) is 43.5 Å². The summed E-state index contributed by atoms with van der Waals surface area (Å²) in [5, 5.41) is 11.7. The lowest BCUT2D eigenvalue weighted by molar-refractivity contribution is -0.384. The van der Waals surface area contributed by atoms with Crippen molar-refractivity contribution >= 4 is 23.3 Å². The molecule has 0 spiro atoms. The number of anilines is 1. The quantitative estimate of drug-likeness (QED) is 0.402. The lowest BCUT2D eigenvalue weighted by atomic mass is 10.1. The fraction of sp³-hybridized carbons (Fsp3) is 0.300. The van der Waals surface area contributed by atoms with Crippen LogP contribution in [0.2, 0.25) is 0 Å². The smallest absolute Gasteiger partial charge is 0.355 e. The fourth-order valence-corrected chi connectivity index (χ4v) is 2.81. The number of carbonyl (C=O) groups is 2. The summed E-state index contributed by atoms with van der Waals surface area (Å²) in [6.07, 6.45) is 8.55. The summed E-state index contributed by atoms with van der Waals surface area (Å²) in [6, 6.07) is 4.83. The summed E-state index contributed by atoms with van der Waals surface area (Å²) >= 11 is 0. The van der Waals surface area contributed by atoms with E-state index in [4.69, 9.17) is 9.47 Å². The van der Waals surface area contributed by atoms with Crippen LogP contribution in [-0.4, -0.2) is 31.1 Å². The number of allylic oxidation sites excluding steroid dienone is 2. The predicted molar refractivity (Wildman–Crippen MR) is 104 cm³/mol. The number of rotatable bonds is 7. The predicted octanol–water partition coefficient (Wildman–Crippen LogP) is 3.43. The number of methoxy groups -OCH3 is 2. The molecule has 0 saturated heterocycles. The Kier molecular flexibility index (Phi) is 7.08. The van der Waals surface area contributed by atoms with Crippen molar-refractivity contribution < 1.29 is 24.0 Å². The van der Waals surface area contributed by atoms with Crippen LogP contribution in [0.5, 0.6) is 0 Å². The highest BCUT2D eigenvalue weighted by molar-refractivity contribution is 6.05. The minimum atomic E-state index is -0.819. The number of hydrogen-bond acceptors (Lipinski definition) is 7. The third kappa shape index (κ3) is 4.46. The van der Waals surface area contributed by atoms with Gasteiger partial charge in [0, 0.05) is 12.3 Å². The van der Waals surface area contributed by atoms with Gasteiger partial charge in [-0.05, 0) is 36.6 Å². The van der Waals surface area contributed by atoms with Crippen molar-refractivity contribution in [3.63, 3.8) is 0 Å². The van der Waals surface area contributed by atoms with E-state index in [0.29, 0.717) is 6.42 Å². The van der Waals surface area contributed by atoms with Gasteiger partial charge >= 0.3 is 11.9 Å². The van der Waals surface area contributed by atoms with Crippen LogP contribution in [0, 0.1) is 10.1 Å². The average molecular weight is 386 g/mol. The average Bonchev–Trinajstić information content (AvgIpc) is 2.93. The van der Waals surface area contributed by atoms with E-state index in [9.17, 15) is 19.7 Å². The first kappa shape index (κ1) is 20.9. The molecular formula is C20H22N2O6. The molecule has 1 aromatic carbocycles. The molecule has 0 saturated carbocycles. The van der Waals surface area contributed by atoms with Crippen LogP contribution >= 0.6 is 0 Å². The molecule has 0 aromatic heterocycles. The monoisotopic (exact) mass is 386 g/mol. The molecule has 1 aliphatic rings. The second-order valence-electron chi connectivity index (χ2n) is 6.00. The van der Waals surface area contributed by atoms with Gasteiger partial charge in [0.25, 0.3) is 5.69 Å². The lowest BCUT2D eigenvalue weighted by Gasteiger charge is -2.23. The fourth-order valence-electron chi connectivity index (χ4n) is 2.81. The van der Waals surface area contributed by atoms with Crippen molar-refractivity contribution in [2.75, 3.05) is 19.1 Å². The van der Waals surface area contributed by atoms with Crippen LogP contribution in [0.3, 0.4) is 0 Å². The van der Waals surface area contributed by atoms with E-state index in [2.05, 4.69) is 0 Å². The molecule has 0 unspecified atom stereocenters. The molecule has 8 heteroatoms. The largest absolute Gasteiger partial charge is 0.465 e. The van der Waals surface area contributed by atoms with Crippen LogP contribution in [0.4, 0.5) is 11.4 Å². The Hall–Kier alpha value is -3.42. The summed E-state index contributed by atoms with van der Waals surface area (Å²) in [4.78, 5) is 37.1. The van der Waals surface area contributed by atoms with Crippen LogP contribution < -0.4 is 4.90 Å². The van der Waals surface area contributed by atoms with Gasteiger partial charge in [-0.25, -0.2) is 9.59 Å². The number of nitro benzene ring substituents is 1. The second kappa shape index (κ2) is 9.50. The van der Waals surface area contributed by atoms with Crippen molar-refractivity contribution in [2.24, 2.45) is 0 Å². The second-order valence-corrected chi connectivity index (χ2v) is 6.00. The molecule has 0 aliphatic carbocycles. The first-order valence-corrected chi connectivity index (χ1v) is 8.76. The summed E-state index contributed by atoms with van der Waals surface area (Å²) in [7, 11) is 2.36. The zero-order valence-electron chi connectivity index (χ0n) is 16.0. The Morgan fingerprint density at radius 1 is 1.14 bits per heavy atom. The Balaban J connectivity index is 2.67. The van der Waals surface area contributed by atoms with Crippen molar-refractivity contribution in [2.45, 2.75) is 26.2 Å². The number of benzene rings is 1. The van der Waals surface area contributed by atoms with E-state index in [1.54, 1.807) is 18.2 Å². The minimum absolute atomic E-state index is 0.0660. The van der Waals surface area contributed by atoms with Gasteiger partial charge in [0.15, 0.2) is 0 Å². The van der Waals surface area contributed by atoms with Crippen LogP contribution in [0.25, 0.3) is 0 Å². The maximum absolute atomic E-state index is 12.5. The van der Waals surface area contributed by atoms with E-state index in [-0.39, 0.29) is 22.6 Å². The molecule has 0 fully saturated rings. The number of aryl methyl sites for hydroxylation is 1. The summed E-state index contributed by atoms with van der Waals surface area (Å²) < 4.78 is 9.57. The standard InChI is InChI=1S/C20H22N2O6/c1-4-5-8-14-10-11-16(17(13-14)22(25)26)21-12-7-6-9-15(19(23)27-2)18(21)20(24)28-3/h6-7,9-13H,4-5,8H2,1-3H3. The number of ether oxygens (including phenoxy) is 2. The van der Waals surface area contributed by atoms with Gasteiger partial charge in [-0.1, -0.05) is 25.5 Å². The zero-order chi connectivity index (χ0) is 20.7. The van der Waals surface area contributed by atoms with Gasteiger partial charge in [-0.2, -0.15) is 0 Å². The summed E-state index contributed by atoms with van der Waals surface area (Å²) in [5.41, 5.74) is 0.566. The number of unbranched alkanes of at least 4 members (excludes halogenated alkanes) is 1. The number of hydrogen-bond donors (Lipinski definition) is 0. The molecule has 0 N–H and O–H groups in total. The Morgan fingerprint density at radius 3 is 2.46 bits per heavy atom. The van der Waals surface area contributed by atoms with Gasteiger partial charge < -0.3 is 14.4 Å². The highest BCUT2D eigenvalue weighted by Crippen LogP contribution is 2.34. The number of esters is 2. The molecule has 0 atom stereocenters. The molecule has 2 rings (SSSR count). The highest BCUT2D eigenvalue weighted by atomic mass is 16.6. The number of carbonyl (C=O) groups excluding carboxylic acids is 2. The lowest BCUT2D eigenvalue weighted by Crippen LogP contribution is -2.27. The molecule has 1 aliphatic heterocycles. The van der Waals surface area contributed by atoms with E-state index < -0.39 is 16.9 Å². The molecule has 148 valence electrons. The van der Waals surface area contributed by atoms with E-state index in [1.807, 2.05) is 6.92 Å². The van der Waals surface area contributed by atoms with Crippen molar-refractivity contribution in [3.8, 4) is 0 Å². The van der Waals surface area contributed by atoms with Gasteiger partial charge in [-0.15, -0.1) is 0 Å². The number of nitrogens with zero attached hydrogens (tertiary/aromatic N) is 2. The zero-order valence-corrected chi connectivity index (χ0v) is 16.0. The maximum atomic E-state index is 12.5. The van der Waals surface area contributed by atoms with Crippen molar-refractivity contribution in [3.05, 3.63) is 69.6 Å². The molecule has 1 aromatic rings. The SMILES string of the molecule is CCCCc1ccc(N2C=CC=CC(C(=O)OC)=C2C(=O)OC)c([N+](=O)[O-])c1. The normalized spacial score (nSPS) is 13.3. The van der Waals surface area contributed by atoms with Crippen LogP contribution in [-0.2, 0) is 25.5 Å². The molecule has 0 bridgehead atoms. The van der Waals surface area contributed by atoms with Gasteiger partial charge in [0.2, 0.25) is 0 Å². The Bertz CT molecular complexity index is 869. The van der Waals surface area contributed by atoms with E-state index >= 15 is 0 Å². The highest BCUT2D eigenvalue weighted by Gasteiger charge is 2.31.